The topological polar surface area (TPSA) is 49.3 Å². The zero-order valence-corrected chi connectivity index (χ0v) is 9.97. The van der Waals surface area contributed by atoms with Gasteiger partial charge in [0.1, 0.15) is 5.54 Å². The quantitative estimate of drug-likeness (QED) is 0.812. The Bertz CT molecular complexity index is 293. The molecule has 3 atom stereocenters. The molecule has 0 heterocycles. The van der Waals surface area contributed by atoms with Gasteiger partial charge in [0, 0.05) is 0 Å². The average Bonchev–Trinajstić information content (AvgIpc) is 2.19. The van der Waals surface area contributed by atoms with Crippen LogP contribution in [0.25, 0.3) is 0 Å². The Hall–Kier alpha value is -0.780. The van der Waals surface area contributed by atoms with Gasteiger partial charge >= 0.3 is 12.1 Å². The van der Waals surface area contributed by atoms with Gasteiger partial charge in [0.25, 0.3) is 0 Å². The second kappa shape index (κ2) is 4.84. The number of nitrogens with one attached hydrogen (secondary N) is 1. The maximum absolute atomic E-state index is 12.2. The summed E-state index contributed by atoms with van der Waals surface area (Å²) in [6.45, 7) is 2.64. The maximum atomic E-state index is 12.2. The second-order valence-electron chi connectivity index (χ2n) is 5.05. The molecule has 17 heavy (non-hydrogen) atoms. The number of hydrogen-bond donors (Lipinski definition) is 2. The summed E-state index contributed by atoms with van der Waals surface area (Å²) in [4.78, 5) is 11.2. The van der Waals surface area contributed by atoms with Crippen LogP contribution in [-0.2, 0) is 4.79 Å². The number of carbonyl (C=O) groups is 1. The third kappa shape index (κ3) is 3.59. The normalized spacial score (nSPS) is 34.6. The summed E-state index contributed by atoms with van der Waals surface area (Å²) < 4.78 is 36.5. The Morgan fingerprint density at radius 2 is 2.00 bits per heavy atom. The molecule has 2 N–H and O–H groups in total. The van der Waals surface area contributed by atoms with Crippen LogP contribution >= 0.6 is 0 Å². The van der Waals surface area contributed by atoms with E-state index in [4.69, 9.17) is 5.11 Å². The van der Waals surface area contributed by atoms with Gasteiger partial charge in [-0.1, -0.05) is 13.8 Å². The van der Waals surface area contributed by atoms with Crippen LogP contribution in [0.2, 0.25) is 0 Å². The highest BCUT2D eigenvalue weighted by atomic mass is 19.4. The number of halogens is 3. The van der Waals surface area contributed by atoms with Crippen molar-refractivity contribution in [3.05, 3.63) is 0 Å². The highest BCUT2D eigenvalue weighted by molar-refractivity contribution is 5.79. The molecule has 0 spiro atoms. The van der Waals surface area contributed by atoms with E-state index in [-0.39, 0.29) is 18.8 Å². The summed E-state index contributed by atoms with van der Waals surface area (Å²) >= 11 is 0. The Kier molecular flexibility index (Phi) is 4.06. The molecule has 1 aliphatic rings. The van der Waals surface area contributed by atoms with Crippen molar-refractivity contribution in [1.82, 2.24) is 5.32 Å². The van der Waals surface area contributed by atoms with Gasteiger partial charge in [-0.25, -0.2) is 0 Å². The van der Waals surface area contributed by atoms with Gasteiger partial charge < -0.3 is 5.11 Å². The zero-order valence-electron chi connectivity index (χ0n) is 9.97. The first kappa shape index (κ1) is 14.3. The van der Waals surface area contributed by atoms with Crippen molar-refractivity contribution in [2.45, 2.75) is 44.8 Å². The molecule has 0 amide bonds. The summed E-state index contributed by atoms with van der Waals surface area (Å²) in [7, 11) is 0. The predicted molar refractivity (Wildman–Crippen MR) is 56.6 cm³/mol. The van der Waals surface area contributed by atoms with E-state index in [1.807, 2.05) is 13.8 Å². The van der Waals surface area contributed by atoms with Crippen molar-refractivity contribution in [2.75, 3.05) is 6.54 Å². The molecule has 1 aliphatic carbocycles. The van der Waals surface area contributed by atoms with E-state index in [1.165, 1.54) is 0 Å². The molecule has 1 rings (SSSR count). The molecule has 0 aliphatic heterocycles. The summed E-state index contributed by atoms with van der Waals surface area (Å²) in [6.07, 6.45) is -3.24. The lowest BCUT2D eigenvalue weighted by Crippen LogP contribution is -2.57. The minimum Gasteiger partial charge on any atom is -0.480 e. The van der Waals surface area contributed by atoms with Crippen LogP contribution in [0.4, 0.5) is 13.2 Å². The van der Waals surface area contributed by atoms with Gasteiger partial charge in [-0.2, -0.15) is 13.2 Å². The van der Waals surface area contributed by atoms with Gasteiger partial charge in [0.2, 0.25) is 0 Å². The minimum absolute atomic E-state index is 0.112. The average molecular weight is 253 g/mol. The first-order valence-electron chi connectivity index (χ1n) is 5.71. The van der Waals surface area contributed by atoms with E-state index in [0.717, 1.165) is 0 Å². The van der Waals surface area contributed by atoms with Crippen LogP contribution < -0.4 is 5.32 Å². The Morgan fingerprint density at radius 3 is 2.41 bits per heavy atom. The fourth-order valence-electron chi connectivity index (χ4n) is 2.31. The van der Waals surface area contributed by atoms with Crippen molar-refractivity contribution in [3.63, 3.8) is 0 Å². The monoisotopic (exact) mass is 253 g/mol. The minimum atomic E-state index is -4.38. The van der Waals surface area contributed by atoms with Crippen molar-refractivity contribution < 1.29 is 23.1 Å². The molecule has 0 aromatic heterocycles. The molecule has 1 fully saturated rings. The van der Waals surface area contributed by atoms with Crippen LogP contribution in [0, 0.1) is 11.8 Å². The Morgan fingerprint density at radius 1 is 1.41 bits per heavy atom. The summed E-state index contributed by atoms with van der Waals surface area (Å²) in [5.74, 6) is -0.712. The standard InChI is InChI=1S/C11H18F3NO2/c1-7-3-4-10(9(16)17,5-8(7)2)15-6-11(12,13)14/h7-8,15H,3-6H2,1-2H3,(H,16,17). The number of rotatable bonds is 3. The number of aliphatic carboxylic acids is 1. The fraction of sp³-hybridized carbons (Fsp3) is 0.909. The lowest BCUT2D eigenvalue weighted by Gasteiger charge is -2.40. The maximum Gasteiger partial charge on any atom is 0.401 e. The number of hydrogen-bond acceptors (Lipinski definition) is 2. The lowest BCUT2D eigenvalue weighted by molar-refractivity contribution is -0.153. The van der Waals surface area contributed by atoms with Gasteiger partial charge in [-0.05, 0) is 31.1 Å². The van der Waals surface area contributed by atoms with E-state index in [9.17, 15) is 18.0 Å². The van der Waals surface area contributed by atoms with Crippen LogP contribution in [-0.4, -0.2) is 29.3 Å². The van der Waals surface area contributed by atoms with Crippen molar-refractivity contribution in [3.8, 4) is 0 Å². The number of carboxylic acid groups (broad SMARTS) is 1. The van der Waals surface area contributed by atoms with E-state index in [2.05, 4.69) is 5.32 Å². The summed E-state index contributed by atoms with van der Waals surface area (Å²) in [5.41, 5.74) is -1.42. The van der Waals surface area contributed by atoms with Crippen LogP contribution in [0.5, 0.6) is 0 Å². The molecule has 0 bridgehead atoms. The van der Waals surface area contributed by atoms with Crippen LogP contribution in [0.1, 0.15) is 33.1 Å². The summed E-state index contributed by atoms with van der Waals surface area (Å²) in [5, 5.41) is 11.4. The van der Waals surface area contributed by atoms with Gasteiger partial charge in [-0.3, -0.25) is 10.1 Å². The highest BCUT2D eigenvalue weighted by Crippen LogP contribution is 2.36. The molecule has 0 aromatic rings. The van der Waals surface area contributed by atoms with Gasteiger partial charge in [0.05, 0.1) is 6.54 Å². The van der Waals surface area contributed by atoms with E-state index < -0.39 is 24.2 Å². The summed E-state index contributed by atoms with van der Waals surface area (Å²) in [6, 6.07) is 0. The smallest absolute Gasteiger partial charge is 0.401 e. The van der Waals surface area contributed by atoms with E-state index >= 15 is 0 Å². The van der Waals surface area contributed by atoms with E-state index in [1.54, 1.807) is 0 Å². The molecule has 0 radical (unpaired) electrons. The zero-order chi connectivity index (χ0) is 13.3. The van der Waals surface area contributed by atoms with Crippen LogP contribution in [0.15, 0.2) is 0 Å². The van der Waals surface area contributed by atoms with Gasteiger partial charge in [-0.15, -0.1) is 0 Å². The first-order chi connectivity index (χ1) is 7.66. The molecule has 3 unspecified atom stereocenters. The predicted octanol–water partition coefficient (Wildman–Crippen LogP) is 2.42. The third-order valence-electron chi connectivity index (χ3n) is 3.70. The number of carboxylic acids is 1. The van der Waals surface area contributed by atoms with Crippen molar-refractivity contribution in [1.29, 1.82) is 0 Å². The van der Waals surface area contributed by atoms with E-state index in [0.29, 0.717) is 12.3 Å². The number of alkyl halides is 3. The van der Waals surface area contributed by atoms with Gasteiger partial charge in [0.15, 0.2) is 0 Å². The third-order valence-corrected chi connectivity index (χ3v) is 3.70. The fourth-order valence-corrected chi connectivity index (χ4v) is 2.31. The lowest BCUT2D eigenvalue weighted by atomic mass is 9.71. The second-order valence-corrected chi connectivity index (χ2v) is 5.05. The van der Waals surface area contributed by atoms with Crippen LogP contribution in [0.3, 0.4) is 0 Å². The molecular formula is C11H18F3NO2. The first-order valence-corrected chi connectivity index (χ1v) is 5.71. The van der Waals surface area contributed by atoms with Crippen molar-refractivity contribution >= 4 is 5.97 Å². The SMILES string of the molecule is CC1CCC(NCC(F)(F)F)(C(=O)O)CC1C. The highest BCUT2D eigenvalue weighted by Gasteiger charge is 2.45. The molecule has 0 aromatic carbocycles. The largest absolute Gasteiger partial charge is 0.480 e. The van der Waals surface area contributed by atoms with Crippen molar-refractivity contribution in [2.24, 2.45) is 11.8 Å². The molecule has 0 saturated heterocycles. The molecule has 6 heteroatoms. The molecule has 1 saturated carbocycles. The Balaban J connectivity index is 2.74. The molecule has 100 valence electrons. The molecule has 3 nitrogen and oxygen atoms in total. The molecular weight excluding hydrogens is 235 g/mol. The Labute approximate surface area is 98.4 Å².